The fraction of sp³-hybridized carbons (Fsp3) is 0.412. The largest absolute Gasteiger partial charge is 0.478 e. The summed E-state index contributed by atoms with van der Waals surface area (Å²) in [7, 11) is 0. The molecule has 0 spiro atoms. The maximum Gasteiger partial charge on any atom is 0.328 e. The van der Waals surface area contributed by atoms with E-state index in [-0.39, 0.29) is 0 Å². The van der Waals surface area contributed by atoms with Gasteiger partial charge in [0.15, 0.2) is 0 Å². The molecule has 1 aromatic rings. The molecule has 1 aliphatic rings. The zero-order chi connectivity index (χ0) is 17.1. The molecule has 0 unspecified atom stereocenters. The number of nitrogens with two attached hydrogens (primary N) is 1. The van der Waals surface area contributed by atoms with Gasteiger partial charge in [0.25, 0.3) is 0 Å². The number of unbranched alkanes of at least 4 members (excludes halogenated alkanes) is 1. The first-order valence-corrected chi connectivity index (χ1v) is 7.66. The average molecular weight is 320 g/mol. The molecule has 0 amide bonds. The highest BCUT2D eigenvalue weighted by Gasteiger charge is 2.14. The van der Waals surface area contributed by atoms with E-state index in [4.69, 9.17) is 15.9 Å². The van der Waals surface area contributed by atoms with Gasteiger partial charge in [0.2, 0.25) is 0 Å². The minimum Gasteiger partial charge on any atom is -0.478 e. The van der Waals surface area contributed by atoms with Crippen molar-refractivity contribution in [1.29, 1.82) is 0 Å². The second kappa shape index (κ2) is 10.5. The minimum absolute atomic E-state index is 0.558. The van der Waals surface area contributed by atoms with Crippen LogP contribution in [0.25, 0.3) is 0 Å². The van der Waals surface area contributed by atoms with E-state index in [0.29, 0.717) is 12.2 Å². The highest BCUT2D eigenvalue weighted by molar-refractivity contribution is 5.89. The Labute approximate surface area is 136 Å². The quantitative estimate of drug-likeness (QED) is 0.542. The molecule has 0 saturated carbocycles. The summed E-state index contributed by atoms with van der Waals surface area (Å²) in [5.74, 6) is -2.51. The summed E-state index contributed by atoms with van der Waals surface area (Å²) >= 11 is 0. The third kappa shape index (κ3) is 8.13. The lowest BCUT2D eigenvalue weighted by atomic mass is 10.00. The Bertz CT molecular complexity index is 527. The van der Waals surface area contributed by atoms with Crippen LogP contribution in [-0.4, -0.2) is 46.7 Å². The lowest BCUT2D eigenvalue weighted by Crippen LogP contribution is -2.31. The predicted octanol–water partition coefficient (Wildman–Crippen LogP) is 1.50. The number of carbonyl (C=O) groups is 2. The van der Waals surface area contributed by atoms with Crippen molar-refractivity contribution in [2.24, 2.45) is 5.73 Å². The number of benzene rings is 1. The van der Waals surface area contributed by atoms with Crippen molar-refractivity contribution in [3.8, 4) is 0 Å². The maximum absolute atomic E-state index is 9.55. The van der Waals surface area contributed by atoms with Crippen molar-refractivity contribution in [3.63, 3.8) is 0 Å². The molecule has 2 rings (SSSR count). The summed E-state index contributed by atoms with van der Waals surface area (Å²) < 4.78 is 0. The summed E-state index contributed by atoms with van der Waals surface area (Å²) in [5, 5.41) is 15.6. The number of hydrogen-bond acceptors (Lipinski definition) is 4. The van der Waals surface area contributed by atoms with Crippen molar-refractivity contribution in [2.75, 3.05) is 19.6 Å². The summed E-state index contributed by atoms with van der Waals surface area (Å²) in [5.41, 5.74) is 8.55. The molecule has 6 heteroatoms. The van der Waals surface area contributed by atoms with Gasteiger partial charge in [-0.2, -0.15) is 0 Å². The van der Waals surface area contributed by atoms with Gasteiger partial charge >= 0.3 is 11.9 Å². The predicted molar refractivity (Wildman–Crippen MR) is 88.1 cm³/mol. The van der Waals surface area contributed by atoms with E-state index in [1.165, 1.54) is 37.1 Å². The van der Waals surface area contributed by atoms with Gasteiger partial charge in [-0.25, -0.2) is 9.59 Å². The van der Waals surface area contributed by atoms with E-state index in [2.05, 4.69) is 29.2 Å². The molecule has 0 fully saturated rings. The van der Waals surface area contributed by atoms with Crippen LogP contribution in [-0.2, 0) is 22.6 Å². The van der Waals surface area contributed by atoms with Crippen LogP contribution in [0, 0.1) is 0 Å². The molecule has 0 aromatic heterocycles. The molecule has 4 N–H and O–H groups in total. The number of carboxylic acid groups (broad SMARTS) is 2. The Morgan fingerprint density at radius 3 is 2.26 bits per heavy atom. The van der Waals surface area contributed by atoms with Crippen LogP contribution >= 0.6 is 0 Å². The van der Waals surface area contributed by atoms with Gasteiger partial charge < -0.3 is 15.9 Å². The van der Waals surface area contributed by atoms with Crippen molar-refractivity contribution >= 4 is 11.9 Å². The number of aliphatic carboxylic acids is 2. The van der Waals surface area contributed by atoms with Crippen LogP contribution in [0.2, 0.25) is 0 Å². The Hall–Kier alpha value is -2.18. The van der Waals surface area contributed by atoms with E-state index in [9.17, 15) is 9.59 Å². The standard InChI is InChI=1S/C13H20N2.C4H4O4/c14-8-3-4-9-15-10-7-12-5-1-2-6-13(12)11-15;5-3(6)1-2-4(7)8/h1-2,5-6H,3-4,7-11,14H2;1-2H,(H,5,6)(H,7,8). The number of nitrogens with zero attached hydrogens (tertiary/aromatic N) is 1. The molecule has 0 bridgehead atoms. The van der Waals surface area contributed by atoms with Crippen LogP contribution in [0.4, 0.5) is 0 Å². The fourth-order valence-electron chi connectivity index (χ4n) is 2.37. The number of fused-ring (bicyclic) bond motifs is 1. The van der Waals surface area contributed by atoms with E-state index in [0.717, 1.165) is 19.5 Å². The van der Waals surface area contributed by atoms with Crippen molar-refractivity contribution in [3.05, 3.63) is 47.5 Å². The van der Waals surface area contributed by atoms with Gasteiger partial charge in [-0.1, -0.05) is 24.3 Å². The second-order valence-corrected chi connectivity index (χ2v) is 5.30. The number of hydrogen-bond donors (Lipinski definition) is 3. The summed E-state index contributed by atoms with van der Waals surface area (Å²) in [6.45, 7) is 4.36. The third-order valence-corrected chi connectivity index (χ3v) is 3.51. The third-order valence-electron chi connectivity index (χ3n) is 3.51. The lowest BCUT2D eigenvalue weighted by molar-refractivity contribution is -0.134. The zero-order valence-electron chi connectivity index (χ0n) is 13.1. The van der Waals surface area contributed by atoms with Gasteiger partial charge in [-0.05, 0) is 43.5 Å². The number of carboxylic acids is 2. The molecule has 126 valence electrons. The summed E-state index contributed by atoms with van der Waals surface area (Å²) in [6.07, 6.45) is 4.71. The first-order valence-electron chi connectivity index (χ1n) is 7.66. The van der Waals surface area contributed by atoms with E-state index in [1.54, 1.807) is 0 Å². The molecule has 1 aliphatic heterocycles. The number of rotatable bonds is 6. The van der Waals surface area contributed by atoms with Crippen LogP contribution in [0.3, 0.4) is 0 Å². The highest BCUT2D eigenvalue weighted by atomic mass is 16.4. The topological polar surface area (TPSA) is 104 Å². The first kappa shape index (κ1) is 18.9. The monoisotopic (exact) mass is 320 g/mol. The van der Waals surface area contributed by atoms with Gasteiger partial charge in [-0.15, -0.1) is 0 Å². The van der Waals surface area contributed by atoms with Crippen LogP contribution in [0.15, 0.2) is 36.4 Å². The van der Waals surface area contributed by atoms with Crippen molar-refractivity contribution < 1.29 is 19.8 Å². The molecule has 0 atom stereocenters. The molecule has 1 heterocycles. The summed E-state index contributed by atoms with van der Waals surface area (Å²) in [6, 6.07) is 8.79. The molecule has 6 nitrogen and oxygen atoms in total. The van der Waals surface area contributed by atoms with Crippen LogP contribution in [0.5, 0.6) is 0 Å². The van der Waals surface area contributed by atoms with Crippen LogP contribution < -0.4 is 5.73 Å². The molecule has 0 radical (unpaired) electrons. The molecule has 0 saturated heterocycles. The Morgan fingerprint density at radius 1 is 1.09 bits per heavy atom. The van der Waals surface area contributed by atoms with Crippen LogP contribution in [0.1, 0.15) is 24.0 Å². The Kier molecular flexibility index (Phi) is 8.64. The normalized spacial score (nSPS) is 14.0. The van der Waals surface area contributed by atoms with E-state index in [1.807, 2.05) is 0 Å². The molecular weight excluding hydrogens is 296 g/mol. The van der Waals surface area contributed by atoms with Crippen molar-refractivity contribution in [1.82, 2.24) is 4.90 Å². The van der Waals surface area contributed by atoms with Gasteiger partial charge in [0, 0.05) is 25.2 Å². The fourth-order valence-corrected chi connectivity index (χ4v) is 2.37. The van der Waals surface area contributed by atoms with Crippen molar-refractivity contribution in [2.45, 2.75) is 25.8 Å². The maximum atomic E-state index is 9.55. The Balaban J connectivity index is 0.000000284. The zero-order valence-corrected chi connectivity index (χ0v) is 13.1. The van der Waals surface area contributed by atoms with E-state index >= 15 is 0 Å². The molecular formula is C17H24N2O4. The second-order valence-electron chi connectivity index (χ2n) is 5.30. The lowest BCUT2D eigenvalue weighted by Gasteiger charge is -2.28. The Morgan fingerprint density at radius 2 is 1.70 bits per heavy atom. The average Bonchev–Trinajstić information content (AvgIpc) is 2.54. The van der Waals surface area contributed by atoms with Gasteiger partial charge in [0.1, 0.15) is 0 Å². The summed E-state index contributed by atoms with van der Waals surface area (Å²) in [4.78, 5) is 21.6. The highest BCUT2D eigenvalue weighted by Crippen LogP contribution is 2.18. The van der Waals surface area contributed by atoms with E-state index < -0.39 is 11.9 Å². The minimum atomic E-state index is -1.26. The van der Waals surface area contributed by atoms with Gasteiger partial charge in [-0.3, -0.25) is 4.90 Å². The SMILES string of the molecule is NCCCCN1CCc2ccccc2C1.O=C(O)C=CC(=O)O. The molecule has 1 aromatic carbocycles. The first-order chi connectivity index (χ1) is 11.0. The molecule has 23 heavy (non-hydrogen) atoms. The smallest absolute Gasteiger partial charge is 0.328 e. The molecule has 0 aliphatic carbocycles. The van der Waals surface area contributed by atoms with Gasteiger partial charge in [0.05, 0.1) is 0 Å².